The van der Waals surface area contributed by atoms with E-state index in [9.17, 15) is 23.3 Å². The molecule has 1 aliphatic rings. The van der Waals surface area contributed by atoms with Crippen LogP contribution in [0.2, 0.25) is 0 Å². The van der Waals surface area contributed by atoms with Crippen LogP contribution in [-0.2, 0) is 10.0 Å². The standard InChI is InChI=1S/C12H15N3O5S/c1-21(19,20)14-6-4-13(5-7-14)11-2-3-12(15(17)18)10(8-11)9-16/h2-3,8-9H,4-7H2,1H3. The van der Waals surface area contributed by atoms with Crippen molar-refractivity contribution in [2.24, 2.45) is 0 Å². The first-order chi connectivity index (χ1) is 9.82. The Bertz CT molecular complexity index is 665. The Labute approximate surface area is 122 Å². The largest absolute Gasteiger partial charge is 0.369 e. The van der Waals surface area contributed by atoms with Crippen LogP contribution in [-0.4, -0.2) is 56.4 Å². The van der Waals surface area contributed by atoms with E-state index in [0.717, 1.165) is 0 Å². The fraction of sp³-hybridized carbons (Fsp3) is 0.417. The van der Waals surface area contributed by atoms with Gasteiger partial charge in [0.05, 0.1) is 16.7 Å². The van der Waals surface area contributed by atoms with E-state index in [1.165, 1.54) is 22.7 Å². The lowest BCUT2D eigenvalue weighted by atomic mass is 10.1. The number of carbonyl (C=O) groups is 1. The minimum absolute atomic E-state index is 0.0167. The summed E-state index contributed by atoms with van der Waals surface area (Å²) in [5, 5.41) is 10.8. The van der Waals surface area contributed by atoms with E-state index < -0.39 is 14.9 Å². The monoisotopic (exact) mass is 313 g/mol. The van der Waals surface area contributed by atoms with Crippen molar-refractivity contribution in [1.82, 2.24) is 4.31 Å². The first-order valence-corrected chi connectivity index (χ1v) is 8.11. The highest BCUT2D eigenvalue weighted by Gasteiger charge is 2.24. The van der Waals surface area contributed by atoms with E-state index >= 15 is 0 Å². The molecule has 1 saturated heterocycles. The number of piperazine rings is 1. The highest BCUT2D eigenvalue weighted by atomic mass is 32.2. The number of benzene rings is 1. The number of nitro benzene ring substituents is 1. The molecule has 0 N–H and O–H groups in total. The number of nitrogens with zero attached hydrogens (tertiary/aromatic N) is 3. The molecule has 0 atom stereocenters. The molecule has 0 radical (unpaired) electrons. The van der Waals surface area contributed by atoms with E-state index in [-0.39, 0.29) is 11.3 Å². The van der Waals surface area contributed by atoms with Crippen LogP contribution >= 0.6 is 0 Å². The van der Waals surface area contributed by atoms with Crippen molar-refractivity contribution >= 4 is 27.7 Å². The van der Waals surface area contributed by atoms with Crippen LogP contribution in [0.5, 0.6) is 0 Å². The van der Waals surface area contributed by atoms with Gasteiger partial charge in [0.2, 0.25) is 10.0 Å². The third-order valence-electron chi connectivity index (χ3n) is 3.41. The molecule has 114 valence electrons. The van der Waals surface area contributed by atoms with Gasteiger partial charge in [-0.05, 0) is 12.1 Å². The number of nitro groups is 1. The third-order valence-corrected chi connectivity index (χ3v) is 4.71. The molecule has 8 nitrogen and oxygen atoms in total. The predicted molar refractivity (Wildman–Crippen MR) is 77.1 cm³/mol. The first kappa shape index (κ1) is 15.4. The Morgan fingerprint density at radius 3 is 2.33 bits per heavy atom. The minimum Gasteiger partial charge on any atom is -0.369 e. The summed E-state index contributed by atoms with van der Waals surface area (Å²) >= 11 is 0. The molecule has 9 heteroatoms. The smallest absolute Gasteiger partial charge is 0.280 e. The average Bonchev–Trinajstić information content (AvgIpc) is 2.45. The summed E-state index contributed by atoms with van der Waals surface area (Å²) in [6.45, 7) is 1.66. The van der Waals surface area contributed by atoms with Crippen molar-refractivity contribution in [3.8, 4) is 0 Å². The number of aldehydes is 1. The van der Waals surface area contributed by atoms with Gasteiger partial charge >= 0.3 is 0 Å². The molecule has 0 unspecified atom stereocenters. The second-order valence-corrected chi connectivity index (χ2v) is 6.75. The summed E-state index contributed by atoms with van der Waals surface area (Å²) in [7, 11) is -3.20. The lowest BCUT2D eigenvalue weighted by molar-refractivity contribution is -0.385. The number of rotatable bonds is 4. The van der Waals surface area contributed by atoms with Crippen molar-refractivity contribution in [2.45, 2.75) is 0 Å². The summed E-state index contributed by atoms with van der Waals surface area (Å²) < 4.78 is 24.3. The van der Waals surface area contributed by atoms with Crippen LogP contribution in [0, 0.1) is 10.1 Å². The molecule has 1 aliphatic heterocycles. The van der Waals surface area contributed by atoms with E-state index in [1.807, 2.05) is 4.90 Å². The Kier molecular flexibility index (Phi) is 4.24. The lowest BCUT2D eigenvalue weighted by Gasteiger charge is -2.34. The van der Waals surface area contributed by atoms with Crippen molar-refractivity contribution in [3.05, 3.63) is 33.9 Å². The van der Waals surface area contributed by atoms with Gasteiger partial charge in [-0.2, -0.15) is 4.31 Å². The van der Waals surface area contributed by atoms with Crippen LogP contribution in [0.1, 0.15) is 10.4 Å². The maximum absolute atomic E-state index is 11.4. The fourth-order valence-corrected chi connectivity index (χ4v) is 3.10. The van der Waals surface area contributed by atoms with Crippen molar-refractivity contribution in [1.29, 1.82) is 0 Å². The van der Waals surface area contributed by atoms with Crippen LogP contribution in [0.15, 0.2) is 18.2 Å². The Morgan fingerprint density at radius 1 is 1.24 bits per heavy atom. The van der Waals surface area contributed by atoms with Gasteiger partial charge in [0.15, 0.2) is 6.29 Å². The molecular weight excluding hydrogens is 298 g/mol. The minimum atomic E-state index is -3.20. The van der Waals surface area contributed by atoms with Gasteiger partial charge in [-0.1, -0.05) is 0 Å². The summed E-state index contributed by atoms with van der Waals surface area (Å²) in [6, 6.07) is 4.32. The molecule has 0 aliphatic carbocycles. The Balaban J connectivity index is 2.18. The zero-order valence-electron chi connectivity index (χ0n) is 11.4. The van der Waals surface area contributed by atoms with Gasteiger partial charge in [-0.15, -0.1) is 0 Å². The quantitative estimate of drug-likeness (QED) is 0.455. The Morgan fingerprint density at radius 2 is 1.86 bits per heavy atom. The van der Waals surface area contributed by atoms with Crippen LogP contribution in [0.3, 0.4) is 0 Å². The molecule has 0 spiro atoms. The molecule has 1 aromatic rings. The molecule has 21 heavy (non-hydrogen) atoms. The topological polar surface area (TPSA) is 101 Å². The molecule has 0 saturated carbocycles. The van der Waals surface area contributed by atoms with Gasteiger partial charge in [0.1, 0.15) is 0 Å². The number of carbonyl (C=O) groups excluding carboxylic acids is 1. The van der Waals surface area contributed by atoms with E-state index in [0.29, 0.717) is 38.2 Å². The van der Waals surface area contributed by atoms with Crippen molar-refractivity contribution in [2.75, 3.05) is 37.3 Å². The van der Waals surface area contributed by atoms with Gasteiger partial charge in [0.25, 0.3) is 5.69 Å². The molecule has 0 aromatic heterocycles. The summed E-state index contributed by atoms with van der Waals surface area (Å²) in [5.74, 6) is 0. The van der Waals surface area contributed by atoms with E-state index in [4.69, 9.17) is 0 Å². The highest BCUT2D eigenvalue weighted by Crippen LogP contribution is 2.24. The molecule has 0 bridgehead atoms. The third kappa shape index (κ3) is 3.37. The van der Waals surface area contributed by atoms with Gasteiger partial charge in [0, 0.05) is 37.9 Å². The normalized spacial score (nSPS) is 16.7. The summed E-state index contributed by atoms with van der Waals surface area (Å²) in [6.07, 6.45) is 1.62. The van der Waals surface area contributed by atoms with Gasteiger partial charge in [-0.3, -0.25) is 14.9 Å². The van der Waals surface area contributed by atoms with E-state index in [1.54, 1.807) is 6.07 Å². The predicted octanol–water partition coefficient (Wildman–Crippen LogP) is 0.489. The number of hydrogen-bond acceptors (Lipinski definition) is 6. The SMILES string of the molecule is CS(=O)(=O)N1CCN(c2ccc([N+](=O)[O-])c(C=O)c2)CC1. The average molecular weight is 313 g/mol. The maximum atomic E-state index is 11.4. The zero-order valence-corrected chi connectivity index (χ0v) is 12.2. The number of hydrogen-bond donors (Lipinski definition) is 0. The van der Waals surface area contributed by atoms with Gasteiger partial charge < -0.3 is 4.90 Å². The van der Waals surface area contributed by atoms with Crippen LogP contribution in [0.4, 0.5) is 11.4 Å². The number of anilines is 1. The molecule has 0 amide bonds. The fourth-order valence-electron chi connectivity index (χ4n) is 2.28. The molecule has 1 aromatic carbocycles. The van der Waals surface area contributed by atoms with Crippen molar-refractivity contribution < 1.29 is 18.1 Å². The molecule has 1 heterocycles. The van der Waals surface area contributed by atoms with Crippen LogP contribution < -0.4 is 4.90 Å². The molecule has 2 rings (SSSR count). The summed E-state index contributed by atoms with van der Waals surface area (Å²) in [4.78, 5) is 23.0. The van der Waals surface area contributed by atoms with Gasteiger partial charge in [-0.25, -0.2) is 8.42 Å². The summed E-state index contributed by atoms with van der Waals surface area (Å²) in [5.41, 5.74) is 0.461. The number of sulfonamides is 1. The Hall–Kier alpha value is -2.00. The first-order valence-electron chi connectivity index (χ1n) is 6.26. The zero-order chi connectivity index (χ0) is 15.6. The molecular formula is C12H15N3O5S. The molecule has 1 fully saturated rings. The van der Waals surface area contributed by atoms with E-state index in [2.05, 4.69) is 0 Å². The highest BCUT2D eigenvalue weighted by molar-refractivity contribution is 7.88. The lowest BCUT2D eigenvalue weighted by Crippen LogP contribution is -2.48. The second kappa shape index (κ2) is 5.78. The maximum Gasteiger partial charge on any atom is 0.280 e. The van der Waals surface area contributed by atoms with Crippen molar-refractivity contribution in [3.63, 3.8) is 0 Å². The second-order valence-electron chi connectivity index (χ2n) is 4.77. The van der Waals surface area contributed by atoms with Crippen LogP contribution in [0.25, 0.3) is 0 Å².